The first-order chi connectivity index (χ1) is 14.9. The van der Waals surface area contributed by atoms with Gasteiger partial charge in [0.25, 0.3) is 0 Å². The monoisotopic (exact) mass is 446 g/mol. The topological polar surface area (TPSA) is 133 Å². The lowest BCUT2D eigenvalue weighted by Crippen LogP contribution is -2.45. The summed E-state index contributed by atoms with van der Waals surface area (Å²) in [6.45, 7) is 3.81. The van der Waals surface area contributed by atoms with Crippen molar-refractivity contribution < 1.29 is 18.3 Å². The number of aromatic amines is 1. The van der Waals surface area contributed by atoms with Gasteiger partial charge in [-0.25, -0.2) is 28.1 Å². The van der Waals surface area contributed by atoms with Crippen molar-refractivity contribution in [1.82, 2.24) is 24.7 Å². The molecule has 3 N–H and O–H groups in total. The molecule has 31 heavy (non-hydrogen) atoms. The third kappa shape index (κ3) is 4.69. The van der Waals surface area contributed by atoms with Gasteiger partial charge in [-0.1, -0.05) is 6.92 Å². The highest BCUT2D eigenvalue weighted by atomic mass is 32.2. The molecule has 11 heteroatoms. The van der Waals surface area contributed by atoms with Crippen LogP contribution in [0.1, 0.15) is 24.7 Å². The molecule has 10 nitrogen and oxygen atoms in total. The van der Waals surface area contributed by atoms with Crippen molar-refractivity contribution in [3.8, 4) is 11.5 Å². The van der Waals surface area contributed by atoms with Crippen LogP contribution in [0.2, 0.25) is 0 Å². The zero-order valence-corrected chi connectivity index (χ0v) is 18.3. The van der Waals surface area contributed by atoms with Crippen LogP contribution in [0.3, 0.4) is 0 Å². The fourth-order valence-electron chi connectivity index (χ4n) is 3.65. The average Bonchev–Trinajstić information content (AvgIpc) is 3.21. The first kappa shape index (κ1) is 21.6. The maximum Gasteiger partial charge on any atom is 0.217 e. The molecule has 0 saturated carbocycles. The third-order valence-electron chi connectivity index (χ3n) is 5.34. The molecule has 4 rings (SSSR count). The minimum atomic E-state index is -3.51. The second-order valence-electron chi connectivity index (χ2n) is 7.42. The fraction of sp³-hybridized carbons (Fsp3) is 0.450. The molecule has 166 valence electrons. The number of rotatable bonds is 7. The van der Waals surface area contributed by atoms with Crippen LogP contribution < -0.4 is 9.62 Å². The van der Waals surface area contributed by atoms with E-state index in [1.165, 1.54) is 7.05 Å². The molecule has 0 bridgehead atoms. The van der Waals surface area contributed by atoms with Crippen LogP contribution >= 0.6 is 0 Å². The lowest BCUT2D eigenvalue weighted by molar-refractivity contribution is 0.0925. The number of ether oxygens (including phenoxy) is 1. The van der Waals surface area contributed by atoms with Gasteiger partial charge in [-0.2, -0.15) is 0 Å². The average molecular weight is 447 g/mol. The van der Waals surface area contributed by atoms with Gasteiger partial charge < -0.3 is 19.7 Å². The Balaban J connectivity index is 1.80. The van der Waals surface area contributed by atoms with Crippen molar-refractivity contribution >= 4 is 26.9 Å². The molecule has 3 aromatic heterocycles. The SMILES string of the molecule is CC[C@H]1COCCN1c1cc(CS(=O)(=O)NC)nc(-c2ccc3[nH]c(CO)cc3n2)n1. The lowest BCUT2D eigenvalue weighted by atomic mass is 10.1. The number of nitrogens with zero attached hydrogens (tertiary/aromatic N) is 4. The summed E-state index contributed by atoms with van der Waals surface area (Å²) in [5.74, 6) is 0.760. The van der Waals surface area contributed by atoms with Crippen LogP contribution in [0.25, 0.3) is 22.6 Å². The number of aliphatic hydroxyl groups excluding tert-OH is 1. The standard InChI is InChI=1S/C20H26N6O4S/c1-3-15-11-30-7-6-26(15)19-9-14(12-31(28,29)21-2)23-20(25-19)17-5-4-16-18(24-17)8-13(10-27)22-16/h4-5,8-9,15,21-22,27H,3,6-7,10-12H2,1-2H3/t15-/m0/s1. The molecule has 1 aliphatic rings. The Labute approximate surface area is 180 Å². The molecule has 4 heterocycles. The summed E-state index contributed by atoms with van der Waals surface area (Å²) >= 11 is 0. The van der Waals surface area contributed by atoms with Gasteiger partial charge in [0.15, 0.2) is 5.82 Å². The highest BCUT2D eigenvalue weighted by Gasteiger charge is 2.25. The van der Waals surface area contributed by atoms with E-state index in [0.29, 0.717) is 54.0 Å². The van der Waals surface area contributed by atoms with Crippen LogP contribution in [0.5, 0.6) is 0 Å². The van der Waals surface area contributed by atoms with Gasteiger partial charge in [-0.3, -0.25) is 0 Å². The number of hydrogen-bond acceptors (Lipinski definition) is 8. The van der Waals surface area contributed by atoms with Crippen LogP contribution in [0.15, 0.2) is 24.3 Å². The molecular weight excluding hydrogens is 420 g/mol. The number of H-pyrrole nitrogens is 1. The summed E-state index contributed by atoms with van der Waals surface area (Å²) < 4.78 is 32.3. The largest absolute Gasteiger partial charge is 0.390 e. The van der Waals surface area contributed by atoms with E-state index in [2.05, 4.69) is 31.5 Å². The Bertz CT molecular complexity index is 1180. The Kier molecular flexibility index (Phi) is 6.19. The quantitative estimate of drug-likeness (QED) is 0.493. The summed E-state index contributed by atoms with van der Waals surface area (Å²) in [5.41, 5.74) is 3.05. The number of aliphatic hydroxyl groups is 1. The predicted octanol–water partition coefficient (Wildman–Crippen LogP) is 1.18. The minimum Gasteiger partial charge on any atom is -0.390 e. The molecule has 1 fully saturated rings. The molecule has 0 aliphatic carbocycles. The zero-order valence-electron chi connectivity index (χ0n) is 17.5. The molecule has 0 aromatic carbocycles. The smallest absolute Gasteiger partial charge is 0.217 e. The van der Waals surface area contributed by atoms with Crippen molar-refractivity contribution in [2.24, 2.45) is 0 Å². The Morgan fingerprint density at radius 2 is 2.13 bits per heavy atom. The van der Waals surface area contributed by atoms with Gasteiger partial charge in [0.05, 0.1) is 42.6 Å². The summed E-state index contributed by atoms with van der Waals surface area (Å²) in [6.07, 6.45) is 0.876. The Hall–Kier alpha value is -2.60. The van der Waals surface area contributed by atoms with Gasteiger partial charge in [-0.15, -0.1) is 0 Å². The number of pyridine rings is 1. The van der Waals surface area contributed by atoms with Gasteiger partial charge in [-0.05, 0) is 31.7 Å². The molecule has 1 saturated heterocycles. The molecule has 0 spiro atoms. The number of fused-ring (bicyclic) bond motifs is 1. The van der Waals surface area contributed by atoms with Crippen LogP contribution in [0.4, 0.5) is 5.82 Å². The van der Waals surface area contributed by atoms with Crippen molar-refractivity contribution in [2.75, 3.05) is 31.7 Å². The second-order valence-corrected chi connectivity index (χ2v) is 9.34. The van der Waals surface area contributed by atoms with E-state index in [1.807, 2.05) is 6.07 Å². The van der Waals surface area contributed by atoms with E-state index in [1.54, 1.807) is 18.2 Å². The Morgan fingerprint density at radius 3 is 2.87 bits per heavy atom. The van der Waals surface area contributed by atoms with Crippen molar-refractivity contribution in [3.05, 3.63) is 35.7 Å². The second kappa shape index (κ2) is 8.87. The van der Waals surface area contributed by atoms with E-state index >= 15 is 0 Å². The molecule has 1 atom stereocenters. The van der Waals surface area contributed by atoms with E-state index in [0.717, 1.165) is 11.9 Å². The summed E-state index contributed by atoms with van der Waals surface area (Å²) in [7, 11) is -2.13. The predicted molar refractivity (Wildman–Crippen MR) is 117 cm³/mol. The maximum absolute atomic E-state index is 12.2. The molecule has 0 unspecified atom stereocenters. The number of anilines is 1. The van der Waals surface area contributed by atoms with Gasteiger partial charge in [0.1, 0.15) is 17.3 Å². The normalized spacial score (nSPS) is 17.4. The van der Waals surface area contributed by atoms with Crippen LogP contribution in [-0.4, -0.2) is 66.3 Å². The van der Waals surface area contributed by atoms with E-state index in [-0.39, 0.29) is 18.4 Å². The molecule has 1 aliphatic heterocycles. The third-order valence-corrected chi connectivity index (χ3v) is 6.64. The number of aromatic nitrogens is 4. The van der Waals surface area contributed by atoms with Gasteiger partial charge in [0, 0.05) is 18.3 Å². The van der Waals surface area contributed by atoms with E-state index in [4.69, 9.17) is 9.72 Å². The highest BCUT2D eigenvalue weighted by Crippen LogP contribution is 2.25. The lowest BCUT2D eigenvalue weighted by Gasteiger charge is -2.36. The van der Waals surface area contributed by atoms with E-state index in [9.17, 15) is 13.5 Å². The number of sulfonamides is 1. The van der Waals surface area contributed by atoms with Crippen molar-refractivity contribution in [3.63, 3.8) is 0 Å². The van der Waals surface area contributed by atoms with Crippen molar-refractivity contribution in [1.29, 1.82) is 0 Å². The maximum atomic E-state index is 12.2. The van der Waals surface area contributed by atoms with Crippen LogP contribution in [0, 0.1) is 0 Å². The fourth-order valence-corrected chi connectivity index (χ4v) is 4.34. The van der Waals surface area contributed by atoms with Gasteiger partial charge >= 0.3 is 0 Å². The summed E-state index contributed by atoms with van der Waals surface area (Å²) in [6, 6.07) is 7.28. The first-order valence-electron chi connectivity index (χ1n) is 10.2. The summed E-state index contributed by atoms with van der Waals surface area (Å²) in [4.78, 5) is 19.1. The number of nitrogens with one attached hydrogen (secondary N) is 2. The van der Waals surface area contributed by atoms with E-state index < -0.39 is 10.0 Å². The minimum absolute atomic E-state index is 0.112. The first-order valence-corrected chi connectivity index (χ1v) is 11.8. The Morgan fingerprint density at radius 1 is 1.29 bits per heavy atom. The number of hydrogen-bond donors (Lipinski definition) is 3. The summed E-state index contributed by atoms with van der Waals surface area (Å²) in [5, 5.41) is 9.36. The molecule has 3 aromatic rings. The van der Waals surface area contributed by atoms with Crippen molar-refractivity contribution in [2.45, 2.75) is 31.7 Å². The molecule has 0 amide bonds. The molecular formula is C20H26N6O4S. The number of morpholine rings is 1. The molecule has 0 radical (unpaired) electrons. The van der Waals surface area contributed by atoms with Gasteiger partial charge in [0.2, 0.25) is 10.0 Å². The van der Waals surface area contributed by atoms with Crippen LogP contribution in [-0.2, 0) is 27.1 Å². The highest BCUT2D eigenvalue weighted by molar-refractivity contribution is 7.88. The zero-order chi connectivity index (χ0) is 22.0.